The zero-order valence-corrected chi connectivity index (χ0v) is 17.2. The molecule has 0 fully saturated rings. The zero-order chi connectivity index (χ0) is 22.9. The quantitative estimate of drug-likeness (QED) is 0.301. The molecule has 0 aliphatic rings. The van der Waals surface area contributed by atoms with Crippen LogP contribution in [0.3, 0.4) is 0 Å². The Kier molecular flexibility index (Phi) is 7.37. The number of hydrogen-bond acceptors (Lipinski definition) is 7. The molecule has 0 bridgehead atoms. The topological polar surface area (TPSA) is 123 Å². The van der Waals surface area contributed by atoms with Gasteiger partial charge in [-0.15, -0.1) is 0 Å². The van der Waals surface area contributed by atoms with Gasteiger partial charge >= 0.3 is 5.69 Å². The first-order valence-corrected chi connectivity index (χ1v) is 9.59. The van der Waals surface area contributed by atoms with Crippen LogP contribution in [-0.2, 0) is 17.8 Å². The van der Waals surface area contributed by atoms with Crippen molar-refractivity contribution in [1.29, 1.82) is 0 Å². The Labute approximate surface area is 184 Å². The Morgan fingerprint density at radius 1 is 1.12 bits per heavy atom. The molecule has 0 aliphatic carbocycles. The summed E-state index contributed by atoms with van der Waals surface area (Å²) in [6.45, 7) is 0.138. The molecular weight excluding hydrogens is 414 g/mol. The largest absolute Gasteiger partial charge is 0.508 e. The highest BCUT2D eigenvalue weighted by atomic mass is 16.6. The first-order chi connectivity index (χ1) is 15.5. The summed E-state index contributed by atoms with van der Waals surface area (Å²) in [5.41, 5.74) is 3.99. The summed E-state index contributed by atoms with van der Waals surface area (Å²) in [4.78, 5) is 23.1. The average Bonchev–Trinajstić information content (AvgIpc) is 2.79. The van der Waals surface area contributed by atoms with Crippen molar-refractivity contribution < 1.29 is 24.3 Å². The van der Waals surface area contributed by atoms with E-state index >= 15 is 0 Å². The molecule has 3 aromatic rings. The van der Waals surface area contributed by atoms with Gasteiger partial charge in [0.05, 0.1) is 24.7 Å². The fraction of sp³-hybridized carbons (Fsp3) is 0.130. The van der Waals surface area contributed by atoms with E-state index in [9.17, 15) is 20.0 Å². The number of carbonyl (C=O) groups is 1. The average molecular weight is 435 g/mol. The van der Waals surface area contributed by atoms with Crippen LogP contribution in [0.1, 0.15) is 16.7 Å². The standard InChI is InChI=1S/C23H21N3O6/c1-31-21-12-18(14-24-25-22(28)13-16-7-9-19(27)10-8-16)11-20(26(29)30)23(21)32-15-17-5-3-2-4-6-17/h2-12,14,27H,13,15H2,1H3,(H,25,28)/b24-14-. The number of amides is 1. The summed E-state index contributed by atoms with van der Waals surface area (Å²) >= 11 is 0. The van der Waals surface area contributed by atoms with Crippen LogP contribution in [0.4, 0.5) is 5.69 Å². The second-order valence-corrected chi connectivity index (χ2v) is 6.74. The lowest BCUT2D eigenvalue weighted by molar-refractivity contribution is -0.386. The zero-order valence-electron chi connectivity index (χ0n) is 17.2. The van der Waals surface area contributed by atoms with Gasteiger partial charge in [-0.2, -0.15) is 5.10 Å². The van der Waals surface area contributed by atoms with E-state index in [-0.39, 0.29) is 41.9 Å². The van der Waals surface area contributed by atoms with E-state index in [1.165, 1.54) is 37.6 Å². The monoisotopic (exact) mass is 435 g/mol. The van der Waals surface area contributed by atoms with Crippen LogP contribution in [0, 0.1) is 10.1 Å². The Hall–Kier alpha value is -4.40. The minimum Gasteiger partial charge on any atom is -0.508 e. The number of benzene rings is 3. The minimum atomic E-state index is -0.566. The van der Waals surface area contributed by atoms with Gasteiger partial charge in [0.1, 0.15) is 12.4 Å². The fourth-order valence-electron chi connectivity index (χ4n) is 2.86. The van der Waals surface area contributed by atoms with E-state index in [1.807, 2.05) is 30.3 Å². The number of nitro benzene ring substituents is 1. The first kappa shape index (κ1) is 22.3. The molecule has 1 amide bonds. The Morgan fingerprint density at radius 3 is 2.50 bits per heavy atom. The van der Waals surface area contributed by atoms with Crippen molar-refractivity contribution in [3.05, 3.63) is 93.5 Å². The second-order valence-electron chi connectivity index (χ2n) is 6.74. The summed E-state index contributed by atoms with van der Waals surface area (Å²) in [6.07, 6.45) is 1.35. The highest BCUT2D eigenvalue weighted by Crippen LogP contribution is 2.38. The molecule has 3 rings (SSSR count). The third-order valence-corrected chi connectivity index (χ3v) is 4.40. The van der Waals surface area contributed by atoms with Crippen molar-refractivity contribution in [2.45, 2.75) is 13.0 Å². The van der Waals surface area contributed by atoms with Crippen molar-refractivity contribution in [3.8, 4) is 17.2 Å². The lowest BCUT2D eigenvalue weighted by atomic mass is 10.1. The van der Waals surface area contributed by atoms with Gasteiger partial charge in [0.2, 0.25) is 11.7 Å². The maximum absolute atomic E-state index is 12.0. The normalized spacial score (nSPS) is 10.7. The molecule has 32 heavy (non-hydrogen) atoms. The number of nitrogens with one attached hydrogen (secondary N) is 1. The number of hydrogen-bond donors (Lipinski definition) is 2. The molecule has 0 heterocycles. The van der Waals surface area contributed by atoms with Crippen LogP contribution in [0.5, 0.6) is 17.2 Å². The van der Waals surface area contributed by atoms with E-state index in [4.69, 9.17) is 9.47 Å². The lowest BCUT2D eigenvalue weighted by Crippen LogP contribution is -2.19. The SMILES string of the molecule is COc1cc(/C=N\NC(=O)Cc2ccc(O)cc2)cc([N+](=O)[O-])c1OCc1ccccc1. The van der Waals surface area contributed by atoms with Crippen molar-refractivity contribution in [1.82, 2.24) is 5.43 Å². The van der Waals surface area contributed by atoms with Gasteiger partial charge < -0.3 is 14.6 Å². The highest BCUT2D eigenvalue weighted by Gasteiger charge is 2.22. The Balaban J connectivity index is 1.72. The molecule has 0 atom stereocenters. The number of ether oxygens (including phenoxy) is 2. The summed E-state index contributed by atoms with van der Waals surface area (Å²) in [5, 5.41) is 24.7. The number of nitrogens with zero attached hydrogens (tertiary/aromatic N) is 2. The van der Waals surface area contributed by atoms with E-state index in [0.717, 1.165) is 5.56 Å². The molecule has 164 valence electrons. The molecule has 0 saturated carbocycles. The minimum absolute atomic E-state index is 0.00914. The molecule has 0 unspecified atom stereocenters. The van der Waals surface area contributed by atoms with Crippen molar-refractivity contribution in [2.24, 2.45) is 5.10 Å². The van der Waals surface area contributed by atoms with Crippen LogP contribution in [0.25, 0.3) is 0 Å². The van der Waals surface area contributed by atoms with Gasteiger partial charge in [-0.25, -0.2) is 5.43 Å². The van der Waals surface area contributed by atoms with Crippen molar-refractivity contribution >= 4 is 17.8 Å². The number of methoxy groups -OCH3 is 1. The number of carbonyl (C=O) groups excluding carboxylic acids is 1. The first-order valence-electron chi connectivity index (χ1n) is 9.59. The van der Waals surface area contributed by atoms with Gasteiger partial charge in [-0.1, -0.05) is 42.5 Å². The lowest BCUT2D eigenvalue weighted by Gasteiger charge is -2.12. The molecule has 9 heteroatoms. The summed E-state index contributed by atoms with van der Waals surface area (Å²) in [6, 6.07) is 18.3. The predicted octanol–water partition coefficient (Wildman–Crippen LogP) is 3.58. The van der Waals surface area contributed by atoms with E-state index in [2.05, 4.69) is 10.5 Å². The molecule has 0 spiro atoms. The number of rotatable bonds is 9. The number of aromatic hydroxyl groups is 1. The van der Waals surface area contributed by atoms with E-state index in [1.54, 1.807) is 12.1 Å². The third-order valence-electron chi connectivity index (χ3n) is 4.40. The Morgan fingerprint density at radius 2 is 1.84 bits per heavy atom. The number of phenols is 1. The van der Waals surface area contributed by atoms with Gasteiger partial charge in [-0.3, -0.25) is 14.9 Å². The van der Waals surface area contributed by atoms with Gasteiger partial charge in [0.25, 0.3) is 0 Å². The van der Waals surface area contributed by atoms with E-state index < -0.39 is 4.92 Å². The molecular formula is C23H21N3O6. The van der Waals surface area contributed by atoms with Crippen molar-refractivity contribution in [2.75, 3.05) is 7.11 Å². The summed E-state index contributed by atoms with van der Waals surface area (Å²) in [7, 11) is 1.38. The maximum atomic E-state index is 12.0. The van der Waals surface area contributed by atoms with E-state index in [0.29, 0.717) is 11.1 Å². The molecule has 3 aromatic carbocycles. The molecule has 0 radical (unpaired) electrons. The van der Waals surface area contributed by atoms with Crippen LogP contribution < -0.4 is 14.9 Å². The van der Waals surface area contributed by atoms with Gasteiger partial charge in [-0.05, 0) is 29.3 Å². The van der Waals surface area contributed by atoms with Crippen molar-refractivity contribution in [3.63, 3.8) is 0 Å². The maximum Gasteiger partial charge on any atom is 0.315 e. The predicted molar refractivity (Wildman–Crippen MR) is 118 cm³/mol. The third kappa shape index (κ3) is 6.05. The van der Waals surface area contributed by atoms with Crippen LogP contribution in [0.2, 0.25) is 0 Å². The number of nitro groups is 1. The van der Waals surface area contributed by atoms with Crippen LogP contribution in [-0.4, -0.2) is 29.3 Å². The summed E-state index contributed by atoms with van der Waals surface area (Å²) < 4.78 is 11.0. The highest BCUT2D eigenvalue weighted by molar-refractivity contribution is 5.85. The number of phenolic OH excluding ortho intramolecular Hbond substituents is 1. The van der Waals surface area contributed by atoms with Gasteiger partial charge in [0.15, 0.2) is 5.75 Å². The number of hydrazone groups is 1. The molecule has 0 aliphatic heterocycles. The molecule has 9 nitrogen and oxygen atoms in total. The van der Waals surface area contributed by atoms with Crippen LogP contribution in [0.15, 0.2) is 71.8 Å². The smallest absolute Gasteiger partial charge is 0.315 e. The summed E-state index contributed by atoms with van der Waals surface area (Å²) in [5.74, 6) is -0.0861. The van der Waals surface area contributed by atoms with Gasteiger partial charge in [0, 0.05) is 11.6 Å². The second kappa shape index (κ2) is 10.6. The van der Waals surface area contributed by atoms with Crippen LogP contribution >= 0.6 is 0 Å². The molecule has 0 aromatic heterocycles. The molecule has 2 N–H and O–H groups in total. The Bertz CT molecular complexity index is 1110. The molecule has 0 saturated heterocycles. The fourth-order valence-corrected chi connectivity index (χ4v) is 2.86.